The van der Waals surface area contributed by atoms with Crippen molar-refractivity contribution in [3.63, 3.8) is 0 Å². The van der Waals surface area contributed by atoms with Crippen LogP contribution in [0.4, 0.5) is 0 Å². The number of carbonyl (C=O) groups is 1. The number of amides is 1. The van der Waals surface area contributed by atoms with E-state index in [2.05, 4.69) is 9.97 Å². The molecule has 0 aliphatic carbocycles. The van der Waals surface area contributed by atoms with E-state index >= 15 is 0 Å². The minimum atomic E-state index is -0.637. The van der Waals surface area contributed by atoms with E-state index in [9.17, 15) is 9.90 Å². The summed E-state index contributed by atoms with van der Waals surface area (Å²) < 4.78 is 11.0. The lowest BCUT2D eigenvalue weighted by Crippen LogP contribution is -2.32. The van der Waals surface area contributed by atoms with Gasteiger partial charge in [-0.15, -0.1) is 0 Å². The van der Waals surface area contributed by atoms with E-state index in [0.717, 1.165) is 5.69 Å². The molecule has 2 atom stereocenters. The third-order valence-corrected chi connectivity index (χ3v) is 3.97. The van der Waals surface area contributed by atoms with Crippen LogP contribution in [0.2, 0.25) is 0 Å². The highest BCUT2D eigenvalue weighted by atomic mass is 16.5. The average molecular weight is 317 g/mol. The quantitative estimate of drug-likeness (QED) is 0.921. The summed E-state index contributed by atoms with van der Waals surface area (Å²) in [6.07, 6.45) is 4.31. The van der Waals surface area contributed by atoms with Crippen molar-refractivity contribution in [2.75, 3.05) is 13.1 Å². The Hall–Kier alpha value is -2.41. The summed E-state index contributed by atoms with van der Waals surface area (Å²) in [4.78, 5) is 21.9. The van der Waals surface area contributed by atoms with Gasteiger partial charge in [0, 0.05) is 25.7 Å². The van der Waals surface area contributed by atoms with Crippen LogP contribution in [0.1, 0.15) is 29.1 Å². The van der Waals surface area contributed by atoms with Crippen LogP contribution in [0.25, 0.3) is 0 Å². The lowest BCUT2D eigenvalue weighted by Gasteiger charge is -2.22. The Morgan fingerprint density at radius 1 is 1.43 bits per heavy atom. The molecule has 23 heavy (non-hydrogen) atoms. The zero-order valence-electron chi connectivity index (χ0n) is 12.9. The lowest BCUT2D eigenvalue weighted by molar-refractivity contribution is 0.0343. The van der Waals surface area contributed by atoms with E-state index in [4.69, 9.17) is 9.15 Å². The van der Waals surface area contributed by atoms with Gasteiger partial charge in [-0.1, -0.05) is 0 Å². The van der Waals surface area contributed by atoms with Crippen LogP contribution in [0, 0.1) is 6.92 Å². The largest absolute Gasteiger partial charge is 0.486 e. The van der Waals surface area contributed by atoms with Gasteiger partial charge in [-0.25, -0.2) is 4.98 Å². The highest BCUT2D eigenvalue weighted by Crippen LogP contribution is 2.22. The molecule has 1 N–H and O–H groups in total. The zero-order chi connectivity index (χ0) is 16.2. The van der Waals surface area contributed by atoms with Gasteiger partial charge in [0.2, 0.25) is 5.76 Å². The molecule has 0 radical (unpaired) electrons. The fourth-order valence-electron chi connectivity index (χ4n) is 2.64. The highest BCUT2D eigenvalue weighted by molar-refractivity contribution is 5.91. The van der Waals surface area contributed by atoms with Crippen molar-refractivity contribution in [2.45, 2.75) is 32.0 Å². The molecule has 1 saturated heterocycles. The van der Waals surface area contributed by atoms with E-state index in [-0.39, 0.29) is 17.8 Å². The number of likely N-dealkylation sites (tertiary alicyclic amines) is 1. The molecule has 7 nitrogen and oxygen atoms in total. The van der Waals surface area contributed by atoms with Crippen LogP contribution in [0.5, 0.6) is 5.75 Å². The summed E-state index contributed by atoms with van der Waals surface area (Å²) in [5, 5.41) is 10.3. The van der Waals surface area contributed by atoms with E-state index < -0.39 is 6.10 Å². The average Bonchev–Trinajstić information content (AvgIpc) is 3.03. The molecule has 1 fully saturated rings. The van der Waals surface area contributed by atoms with Gasteiger partial charge >= 0.3 is 0 Å². The van der Waals surface area contributed by atoms with Crippen molar-refractivity contribution in [1.29, 1.82) is 0 Å². The van der Waals surface area contributed by atoms with Crippen LogP contribution in [0.3, 0.4) is 0 Å². The molecule has 0 spiro atoms. The van der Waals surface area contributed by atoms with Crippen LogP contribution in [0.15, 0.2) is 35.3 Å². The van der Waals surface area contributed by atoms with Crippen molar-refractivity contribution >= 4 is 5.91 Å². The highest BCUT2D eigenvalue weighted by Gasteiger charge is 2.30. The molecule has 2 aromatic heterocycles. The summed E-state index contributed by atoms with van der Waals surface area (Å²) in [7, 11) is 0. The van der Waals surface area contributed by atoms with E-state index in [1.807, 2.05) is 13.0 Å². The van der Waals surface area contributed by atoms with Crippen LogP contribution in [-0.4, -0.2) is 51.2 Å². The number of aromatic nitrogens is 2. The van der Waals surface area contributed by atoms with E-state index in [1.165, 1.54) is 12.6 Å². The van der Waals surface area contributed by atoms with Crippen molar-refractivity contribution in [1.82, 2.24) is 14.9 Å². The first-order chi connectivity index (χ1) is 11.1. The molecule has 1 amide bonds. The maximum atomic E-state index is 12.3. The minimum Gasteiger partial charge on any atom is -0.486 e. The van der Waals surface area contributed by atoms with Crippen molar-refractivity contribution in [3.8, 4) is 5.75 Å². The summed E-state index contributed by atoms with van der Waals surface area (Å²) in [6.45, 7) is 2.80. The smallest absolute Gasteiger partial charge is 0.291 e. The number of aliphatic hydroxyl groups is 1. The Labute approximate surface area is 133 Å². The number of carbonyl (C=O) groups excluding carboxylic acids is 1. The summed E-state index contributed by atoms with van der Waals surface area (Å²) in [5.74, 6) is 0.654. The van der Waals surface area contributed by atoms with Crippen LogP contribution < -0.4 is 4.74 Å². The predicted octanol–water partition coefficient (Wildman–Crippen LogP) is 1.42. The van der Waals surface area contributed by atoms with Crippen LogP contribution >= 0.6 is 0 Å². The predicted molar refractivity (Wildman–Crippen MR) is 81.0 cm³/mol. The molecule has 0 saturated carbocycles. The van der Waals surface area contributed by atoms with Gasteiger partial charge in [0.25, 0.3) is 5.91 Å². The molecule has 3 heterocycles. The number of rotatable bonds is 3. The molecule has 0 unspecified atom stereocenters. The molecule has 0 bridgehead atoms. The first-order valence-corrected chi connectivity index (χ1v) is 7.59. The van der Waals surface area contributed by atoms with Gasteiger partial charge in [-0.3, -0.25) is 9.78 Å². The van der Waals surface area contributed by atoms with Gasteiger partial charge in [0.15, 0.2) is 6.39 Å². The first kappa shape index (κ1) is 15.5. The third kappa shape index (κ3) is 3.50. The molecular weight excluding hydrogens is 298 g/mol. The maximum Gasteiger partial charge on any atom is 0.291 e. The number of hydrogen-bond donors (Lipinski definition) is 1. The van der Waals surface area contributed by atoms with E-state index in [1.54, 1.807) is 17.2 Å². The number of aliphatic hydroxyl groups excluding tert-OH is 1. The number of aryl methyl sites for hydroxylation is 1. The van der Waals surface area contributed by atoms with E-state index in [0.29, 0.717) is 31.7 Å². The second-order valence-corrected chi connectivity index (χ2v) is 5.55. The normalized spacial score (nSPS) is 21.7. The topological polar surface area (TPSA) is 88.7 Å². The fourth-order valence-corrected chi connectivity index (χ4v) is 2.64. The second kappa shape index (κ2) is 6.78. The molecule has 122 valence electrons. The Balaban J connectivity index is 1.66. The molecular formula is C16H19N3O4. The number of pyridine rings is 1. The Bertz CT molecular complexity index is 659. The lowest BCUT2D eigenvalue weighted by atomic mass is 10.1. The summed E-state index contributed by atoms with van der Waals surface area (Å²) in [5.41, 5.74) is 0.776. The summed E-state index contributed by atoms with van der Waals surface area (Å²) in [6, 6.07) is 3.63. The molecule has 7 heteroatoms. The van der Waals surface area contributed by atoms with Gasteiger partial charge in [0.05, 0.1) is 18.0 Å². The van der Waals surface area contributed by atoms with Crippen molar-refractivity contribution < 1.29 is 19.1 Å². The van der Waals surface area contributed by atoms with Gasteiger partial charge in [-0.2, -0.15) is 0 Å². The van der Waals surface area contributed by atoms with Gasteiger partial charge in [0.1, 0.15) is 11.9 Å². The molecule has 3 rings (SSSR count). The number of oxazole rings is 1. The number of ether oxygens (including phenoxy) is 1. The first-order valence-electron chi connectivity index (χ1n) is 7.59. The second-order valence-electron chi connectivity index (χ2n) is 5.55. The molecule has 0 aromatic carbocycles. The van der Waals surface area contributed by atoms with Crippen molar-refractivity contribution in [3.05, 3.63) is 42.4 Å². The standard InChI is InChI=1S/C16H19N3O4/c1-11-13(3-2-6-18-11)23-14-5-8-19(7-4-12(14)20)16(21)15-9-17-10-22-15/h2-3,6,9-10,12,14,20H,4-5,7-8H2,1H3/t12-,14-/m0/s1. The van der Waals surface area contributed by atoms with Gasteiger partial charge < -0.3 is 19.2 Å². The summed E-state index contributed by atoms with van der Waals surface area (Å²) >= 11 is 0. The van der Waals surface area contributed by atoms with Gasteiger partial charge in [-0.05, 0) is 25.5 Å². The Kier molecular flexibility index (Phi) is 4.57. The maximum absolute atomic E-state index is 12.3. The fraction of sp³-hybridized carbons (Fsp3) is 0.438. The number of hydrogen-bond acceptors (Lipinski definition) is 6. The number of nitrogens with zero attached hydrogens (tertiary/aromatic N) is 3. The minimum absolute atomic E-state index is 0.210. The van der Waals surface area contributed by atoms with Crippen LogP contribution in [-0.2, 0) is 0 Å². The molecule has 1 aliphatic heterocycles. The third-order valence-electron chi connectivity index (χ3n) is 3.97. The molecule has 2 aromatic rings. The SMILES string of the molecule is Cc1ncccc1O[C@H]1CCN(C(=O)c2cnco2)CC[C@@H]1O. The Morgan fingerprint density at radius 2 is 2.26 bits per heavy atom. The van der Waals surface area contributed by atoms with Crippen molar-refractivity contribution in [2.24, 2.45) is 0 Å². The Morgan fingerprint density at radius 3 is 3.00 bits per heavy atom. The molecule has 1 aliphatic rings. The zero-order valence-corrected chi connectivity index (χ0v) is 12.9. The monoisotopic (exact) mass is 317 g/mol.